The average molecular weight is 266 g/mol. The fourth-order valence-corrected chi connectivity index (χ4v) is 2.95. The van der Waals surface area contributed by atoms with E-state index in [0.717, 1.165) is 21.4 Å². The molecule has 0 saturated carbocycles. The van der Waals surface area contributed by atoms with Crippen molar-refractivity contribution >= 4 is 19.2 Å². The van der Waals surface area contributed by atoms with Crippen LogP contribution in [0.2, 0.25) is 0 Å². The van der Waals surface area contributed by atoms with Gasteiger partial charge in [0.25, 0.3) is 0 Å². The Morgan fingerprint density at radius 1 is 0.684 bits per heavy atom. The SMILES string of the molecule is C=CCc1ccc(Pc2ccc(CC=C)cc2)cc1. The van der Waals surface area contributed by atoms with E-state index in [4.69, 9.17) is 0 Å². The lowest BCUT2D eigenvalue weighted by Gasteiger charge is -2.05. The van der Waals surface area contributed by atoms with E-state index >= 15 is 0 Å². The molecule has 0 aliphatic carbocycles. The zero-order valence-corrected chi connectivity index (χ0v) is 12.1. The van der Waals surface area contributed by atoms with E-state index < -0.39 is 0 Å². The largest absolute Gasteiger partial charge is 0.103 e. The molecular formula is C18H19P. The normalized spacial score (nSPS) is 10.1. The van der Waals surface area contributed by atoms with Crippen LogP contribution in [0.25, 0.3) is 0 Å². The third-order valence-electron chi connectivity index (χ3n) is 2.96. The molecule has 0 N–H and O–H groups in total. The molecule has 19 heavy (non-hydrogen) atoms. The zero-order chi connectivity index (χ0) is 13.5. The second-order valence-corrected chi connectivity index (χ2v) is 5.91. The lowest BCUT2D eigenvalue weighted by molar-refractivity contribution is 1.28. The molecule has 96 valence electrons. The number of rotatable bonds is 6. The summed E-state index contributed by atoms with van der Waals surface area (Å²) in [4.78, 5) is 0. The fraction of sp³-hybridized carbons (Fsp3) is 0.111. The minimum absolute atomic E-state index is 0.722. The third kappa shape index (κ3) is 4.19. The van der Waals surface area contributed by atoms with Crippen LogP contribution in [0.4, 0.5) is 0 Å². The summed E-state index contributed by atoms with van der Waals surface area (Å²) in [7, 11) is 0.722. The minimum atomic E-state index is 0.722. The van der Waals surface area contributed by atoms with Gasteiger partial charge >= 0.3 is 0 Å². The lowest BCUT2D eigenvalue weighted by atomic mass is 10.1. The number of benzene rings is 2. The van der Waals surface area contributed by atoms with E-state index in [9.17, 15) is 0 Å². The third-order valence-corrected chi connectivity index (χ3v) is 4.20. The maximum absolute atomic E-state index is 3.76. The molecule has 0 atom stereocenters. The average Bonchev–Trinajstić information content (AvgIpc) is 2.44. The molecule has 2 rings (SSSR count). The van der Waals surface area contributed by atoms with E-state index in [2.05, 4.69) is 61.7 Å². The van der Waals surface area contributed by atoms with Crippen LogP contribution in [0.3, 0.4) is 0 Å². The van der Waals surface area contributed by atoms with Crippen LogP contribution in [0.1, 0.15) is 11.1 Å². The second-order valence-electron chi connectivity index (χ2n) is 4.50. The summed E-state index contributed by atoms with van der Waals surface area (Å²) in [5.74, 6) is 0. The van der Waals surface area contributed by atoms with Crippen molar-refractivity contribution in [2.45, 2.75) is 12.8 Å². The Morgan fingerprint density at radius 3 is 1.37 bits per heavy atom. The van der Waals surface area contributed by atoms with Gasteiger partial charge in [-0.25, -0.2) is 0 Å². The molecule has 0 nitrogen and oxygen atoms in total. The molecule has 1 heteroatoms. The Balaban J connectivity index is 2.03. The zero-order valence-electron chi connectivity index (χ0n) is 11.1. The maximum Gasteiger partial charge on any atom is -0.0100 e. The van der Waals surface area contributed by atoms with Crippen molar-refractivity contribution in [1.29, 1.82) is 0 Å². The van der Waals surface area contributed by atoms with Gasteiger partial charge in [-0.3, -0.25) is 0 Å². The highest BCUT2D eigenvalue weighted by atomic mass is 31.1. The number of allylic oxidation sites excluding steroid dienone is 2. The highest BCUT2D eigenvalue weighted by molar-refractivity contribution is 7.55. The Labute approximate surface area is 117 Å². The summed E-state index contributed by atoms with van der Waals surface area (Å²) in [6, 6.07) is 17.6. The van der Waals surface area contributed by atoms with Gasteiger partial charge in [-0.2, -0.15) is 0 Å². The molecule has 0 unspecified atom stereocenters. The summed E-state index contributed by atoms with van der Waals surface area (Å²) in [5, 5.41) is 2.76. The van der Waals surface area contributed by atoms with Crippen LogP contribution in [0, 0.1) is 0 Å². The number of hydrogen-bond acceptors (Lipinski definition) is 0. The van der Waals surface area contributed by atoms with Gasteiger partial charge in [0.05, 0.1) is 0 Å². The van der Waals surface area contributed by atoms with E-state index in [0.29, 0.717) is 0 Å². The van der Waals surface area contributed by atoms with E-state index in [1.54, 1.807) is 0 Å². The smallest absolute Gasteiger partial charge is 0.0100 e. The van der Waals surface area contributed by atoms with Gasteiger partial charge in [0.15, 0.2) is 0 Å². The van der Waals surface area contributed by atoms with Gasteiger partial charge in [-0.05, 0) is 34.6 Å². The molecule has 0 saturated heterocycles. The van der Waals surface area contributed by atoms with Crippen LogP contribution in [0.15, 0.2) is 73.8 Å². The first-order chi connectivity index (χ1) is 9.31. The van der Waals surface area contributed by atoms with Crippen molar-refractivity contribution in [2.24, 2.45) is 0 Å². The predicted octanol–water partition coefficient (Wildman–Crippen LogP) is 3.77. The highest BCUT2D eigenvalue weighted by Gasteiger charge is 1.97. The van der Waals surface area contributed by atoms with Crippen molar-refractivity contribution in [3.8, 4) is 0 Å². The molecule has 0 aromatic heterocycles. The van der Waals surface area contributed by atoms with Crippen molar-refractivity contribution in [3.05, 3.63) is 85.0 Å². The van der Waals surface area contributed by atoms with Crippen LogP contribution < -0.4 is 10.6 Å². The summed E-state index contributed by atoms with van der Waals surface area (Å²) >= 11 is 0. The summed E-state index contributed by atoms with van der Waals surface area (Å²) < 4.78 is 0. The molecule has 0 spiro atoms. The molecule has 2 aromatic rings. The van der Waals surface area contributed by atoms with Crippen molar-refractivity contribution in [1.82, 2.24) is 0 Å². The Morgan fingerprint density at radius 2 is 1.05 bits per heavy atom. The van der Waals surface area contributed by atoms with Crippen LogP contribution in [-0.4, -0.2) is 0 Å². The minimum Gasteiger partial charge on any atom is -0.103 e. The standard InChI is InChI=1S/C18H19P/c1-3-5-15-7-11-17(12-8-15)19-18-13-9-16(6-4-2)10-14-18/h3-4,7-14,19H,1-2,5-6H2. The quantitative estimate of drug-likeness (QED) is 0.551. The molecule has 2 aromatic carbocycles. The Kier molecular flexibility index (Phi) is 5.12. The van der Waals surface area contributed by atoms with Crippen molar-refractivity contribution in [3.63, 3.8) is 0 Å². The molecule has 0 heterocycles. The summed E-state index contributed by atoms with van der Waals surface area (Å²) in [6.45, 7) is 7.53. The Hall–Kier alpha value is -1.65. The van der Waals surface area contributed by atoms with Gasteiger partial charge in [0.1, 0.15) is 0 Å². The van der Waals surface area contributed by atoms with Crippen LogP contribution >= 0.6 is 8.58 Å². The topological polar surface area (TPSA) is 0 Å². The van der Waals surface area contributed by atoms with Gasteiger partial charge in [-0.15, -0.1) is 13.2 Å². The molecule has 0 fully saturated rings. The van der Waals surface area contributed by atoms with E-state index in [-0.39, 0.29) is 0 Å². The van der Waals surface area contributed by atoms with Gasteiger partial charge < -0.3 is 0 Å². The first-order valence-corrected chi connectivity index (χ1v) is 7.48. The molecule has 0 aliphatic heterocycles. The predicted molar refractivity (Wildman–Crippen MR) is 88.3 cm³/mol. The maximum atomic E-state index is 3.76. The van der Waals surface area contributed by atoms with E-state index in [1.807, 2.05) is 12.2 Å². The lowest BCUT2D eigenvalue weighted by Crippen LogP contribution is -2.03. The van der Waals surface area contributed by atoms with Crippen molar-refractivity contribution in [2.75, 3.05) is 0 Å². The van der Waals surface area contributed by atoms with E-state index in [1.165, 1.54) is 21.7 Å². The molecule has 0 aliphatic rings. The number of hydrogen-bond donors (Lipinski definition) is 0. The van der Waals surface area contributed by atoms with Crippen LogP contribution in [0.5, 0.6) is 0 Å². The van der Waals surface area contributed by atoms with Crippen molar-refractivity contribution < 1.29 is 0 Å². The molecular weight excluding hydrogens is 247 g/mol. The first kappa shape index (κ1) is 13.8. The molecule has 0 radical (unpaired) electrons. The molecule has 0 bridgehead atoms. The summed E-state index contributed by atoms with van der Waals surface area (Å²) in [6.07, 6.45) is 5.77. The van der Waals surface area contributed by atoms with Gasteiger partial charge in [-0.1, -0.05) is 69.3 Å². The fourth-order valence-electron chi connectivity index (χ4n) is 1.95. The van der Waals surface area contributed by atoms with Crippen LogP contribution in [-0.2, 0) is 12.8 Å². The Bertz CT molecular complexity index is 483. The highest BCUT2D eigenvalue weighted by Crippen LogP contribution is 2.12. The summed E-state index contributed by atoms with van der Waals surface area (Å²) in [5.41, 5.74) is 2.65. The first-order valence-electron chi connectivity index (χ1n) is 6.48. The second kappa shape index (κ2) is 7.07. The monoisotopic (exact) mass is 266 g/mol. The molecule has 0 amide bonds. The van der Waals surface area contributed by atoms with Gasteiger partial charge in [0.2, 0.25) is 0 Å². The van der Waals surface area contributed by atoms with Gasteiger partial charge in [0, 0.05) is 0 Å².